The topological polar surface area (TPSA) is 21.3 Å². The molecule has 0 rings (SSSR count). The molecule has 13 heavy (non-hydrogen) atoms. The van der Waals surface area contributed by atoms with E-state index in [1.807, 2.05) is 7.05 Å². The summed E-state index contributed by atoms with van der Waals surface area (Å²) in [5.41, 5.74) is 0. The van der Waals surface area contributed by atoms with Crippen molar-refractivity contribution in [3.05, 3.63) is 0 Å². The zero-order chi connectivity index (χ0) is 10.1. The van der Waals surface area contributed by atoms with Crippen LogP contribution in [0, 0.1) is 5.92 Å². The van der Waals surface area contributed by atoms with Gasteiger partial charge >= 0.3 is 0 Å². The van der Waals surface area contributed by atoms with E-state index in [1.54, 1.807) is 0 Å². The van der Waals surface area contributed by atoms with Gasteiger partial charge in [0.25, 0.3) is 0 Å². The van der Waals surface area contributed by atoms with Crippen molar-refractivity contribution in [3.8, 4) is 0 Å². The van der Waals surface area contributed by atoms with E-state index in [0.717, 1.165) is 13.2 Å². The number of hydrogen-bond acceptors (Lipinski definition) is 2. The van der Waals surface area contributed by atoms with E-state index in [4.69, 9.17) is 4.74 Å². The highest BCUT2D eigenvalue weighted by Crippen LogP contribution is 2.02. The summed E-state index contributed by atoms with van der Waals surface area (Å²) in [6.45, 7) is 8.41. The van der Waals surface area contributed by atoms with E-state index in [0.29, 0.717) is 12.0 Å². The van der Waals surface area contributed by atoms with Gasteiger partial charge in [0.15, 0.2) is 0 Å². The smallest absolute Gasteiger partial charge is 0.0621 e. The Hall–Kier alpha value is -0.0800. The van der Waals surface area contributed by atoms with Gasteiger partial charge in [-0.05, 0) is 19.4 Å². The first-order valence-corrected chi connectivity index (χ1v) is 5.47. The molecule has 0 heterocycles. The first kappa shape index (κ1) is 12.9. The molecule has 0 bridgehead atoms. The maximum absolute atomic E-state index is 5.59. The predicted molar refractivity (Wildman–Crippen MR) is 58.0 cm³/mol. The van der Waals surface area contributed by atoms with Crippen LogP contribution in [0.25, 0.3) is 0 Å². The Labute approximate surface area is 83.1 Å². The van der Waals surface area contributed by atoms with E-state index in [2.05, 4.69) is 26.1 Å². The van der Waals surface area contributed by atoms with Crippen LogP contribution in [0.3, 0.4) is 0 Å². The van der Waals surface area contributed by atoms with Gasteiger partial charge in [-0.15, -0.1) is 0 Å². The summed E-state index contributed by atoms with van der Waals surface area (Å²) >= 11 is 0. The molecule has 1 N–H and O–H groups in total. The van der Waals surface area contributed by atoms with Gasteiger partial charge in [-0.25, -0.2) is 0 Å². The molecular formula is C11H25NO. The molecule has 2 heteroatoms. The van der Waals surface area contributed by atoms with Gasteiger partial charge in [0, 0.05) is 12.6 Å². The van der Waals surface area contributed by atoms with Gasteiger partial charge in [-0.3, -0.25) is 0 Å². The third-order valence-corrected chi connectivity index (χ3v) is 2.37. The van der Waals surface area contributed by atoms with E-state index < -0.39 is 0 Å². The van der Waals surface area contributed by atoms with Crippen molar-refractivity contribution in [1.29, 1.82) is 0 Å². The lowest BCUT2D eigenvalue weighted by Gasteiger charge is -2.19. The summed E-state index contributed by atoms with van der Waals surface area (Å²) in [6.07, 6.45) is 3.75. The standard InChI is InChI=1S/C11H25NO/c1-5-6-7-8-13-9-11(12-4)10(2)3/h10-12H,5-9H2,1-4H3. The van der Waals surface area contributed by atoms with Gasteiger partial charge in [0.2, 0.25) is 0 Å². The minimum Gasteiger partial charge on any atom is -0.380 e. The fourth-order valence-electron chi connectivity index (χ4n) is 1.27. The Morgan fingerprint density at radius 1 is 1.23 bits per heavy atom. The molecule has 0 spiro atoms. The lowest BCUT2D eigenvalue weighted by atomic mass is 10.1. The molecule has 1 unspecified atom stereocenters. The van der Waals surface area contributed by atoms with Crippen molar-refractivity contribution in [3.63, 3.8) is 0 Å². The molecule has 0 amide bonds. The van der Waals surface area contributed by atoms with Crippen LogP contribution in [0.1, 0.15) is 40.0 Å². The first-order chi connectivity index (χ1) is 6.22. The SMILES string of the molecule is CCCCCOCC(NC)C(C)C. The number of ether oxygens (including phenoxy) is 1. The monoisotopic (exact) mass is 187 g/mol. The summed E-state index contributed by atoms with van der Waals surface area (Å²) in [5, 5.41) is 3.27. The Morgan fingerprint density at radius 2 is 1.92 bits per heavy atom. The Bertz CT molecular complexity index is 104. The van der Waals surface area contributed by atoms with Gasteiger partial charge in [-0.2, -0.15) is 0 Å². The molecule has 0 aliphatic heterocycles. The Balaban J connectivity index is 3.28. The van der Waals surface area contributed by atoms with E-state index in [9.17, 15) is 0 Å². The van der Waals surface area contributed by atoms with Crippen LogP contribution < -0.4 is 5.32 Å². The molecule has 0 fully saturated rings. The van der Waals surface area contributed by atoms with Crippen molar-refractivity contribution >= 4 is 0 Å². The summed E-state index contributed by atoms with van der Waals surface area (Å²) < 4.78 is 5.59. The lowest BCUT2D eigenvalue weighted by molar-refractivity contribution is 0.0976. The highest BCUT2D eigenvalue weighted by atomic mass is 16.5. The quantitative estimate of drug-likeness (QED) is 0.589. The van der Waals surface area contributed by atoms with Crippen LogP contribution >= 0.6 is 0 Å². The maximum Gasteiger partial charge on any atom is 0.0621 e. The van der Waals surface area contributed by atoms with Crippen molar-refractivity contribution in [2.24, 2.45) is 5.92 Å². The second-order valence-corrected chi connectivity index (χ2v) is 3.92. The first-order valence-electron chi connectivity index (χ1n) is 5.47. The van der Waals surface area contributed by atoms with E-state index in [-0.39, 0.29) is 0 Å². The molecule has 2 nitrogen and oxygen atoms in total. The number of nitrogens with one attached hydrogen (secondary N) is 1. The summed E-state index contributed by atoms with van der Waals surface area (Å²) in [7, 11) is 2.00. The van der Waals surface area contributed by atoms with Crippen LogP contribution in [0.4, 0.5) is 0 Å². The highest BCUT2D eigenvalue weighted by Gasteiger charge is 2.09. The molecule has 0 aromatic carbocycles. The minimum atomic E-state index is 0.502. The summed E-state index contributed by atoms with van der Waals surface area (Å²) in [5.74, 6) is 0.649. The summed E-state index contributed by atoms with van der Waals surface area (Å²) in [4.78, 5) is 0. The molecular weight excluding hydrogens is 162 g/mol. The molecule has 80 valence electrons. The van der Waals surface area contributed by atoms with Crippen LogP contribution in [-0.4, -0.2) is 26.3 Å². The zero-order valence-electron chi connectivity index (χ0n) is 9.60. The van der Waals surface area contributed by atoms with Crippen LogP contribution in [0.15, 0.2) is 0 Å². The minimum absolute atomic E-state index is 0.502. The van der Waals surface area contributed by atoms with E-state index in [1.165, 1.54) is 19.3 Å². The molecule has 0 radical (unpaired) electrons. The van der Waals surface area contributed by atoms with Gasteiger partial charge < -0.3 is 10.1 Å². The van der Waals surface area contributed by atoms with Crippen LogP contribution in [-0.2, 0) is 4.74 Å². The average molecular weight is 187 g/mol. The van der Waals surface area contributed by atoms with Crippen molar-refractivity contribution in [2.45, 2.75) is 46.1 Å². The second-order valence-electron chi connectivity index (χ2n) is 3.92. The molecule has 0 aromatic rings. The van der Waals surface area contributed by atoms with Gasteiger partial charge in [-0.1, -0.05) is 33.6 Å². The van der Waals surface area contributed by atoms with Crippen molar-refractivity contribution < 1.29 is 4.74 Å². The molecule has 0 aromatic heterocycles. The largest absolute Gasteiger partial charge is 0.380 e. The van der Waals surface area contributed by atoms with Crippen molar-refractivity contribution in [1.82, 2.24) is 5.32 Å². The highest BCUT2D eigenvalue weighted by molar-refractivity contribution is 4.66. The normalized spacial score (nSPS) is 13.6. The number of unbranched alkanes of at least 4 members (excludes halogenated alkanes) is 2. The lowest BCUT2D eigenvalue weighted by Crippen LogP contribution is -2.35. The predicted octanol–water partition coefficient (Wildman–Crippen LogP) is 2.44. The summed E-state index contributed by atoms with van der Waals surface area (Å²) in [6, 6.07) is 0.502. The Morgan fingerprint density at radius 3 is 2.38 bits per heavy atom. The molecule has 0 saturated carbocycles. The molecule has 0 aliphatic rings. The third-order valence-electron chi connectivity index (χ3n) is 2.37. The van der Waals surface area contributed by atoms with Gasteiger partial charge in [0.05, 0.1) is 6.61 Å². The molecule has 0 saturated heterocycles. The Kier molecular flexibility index (Phi) is 8.46. The average Bonchev–Trinajstić information content (AvgIpc) is 2.10. The van der Waals surface area contributed by atoms with Crippen LogP contribution in [0.5, 0.6) is 0 Å². The number of hydrogen-bond donors (Lipinski definition) is 1. The number of likely N-dealkylation sites (N-methyl/N-ethyl adjacent to an activating group) is 1. The van der Waals surface area contributed by atoms with Crippen molar-refractivity contribution in [2.75, 3.05) is 20.3 Å². The fraction of sp³-hybridized carbons (Fsp3) is 1.00. The van der Waals surface area contributed by atoms with Gasteiger partial charge in [0.1, 0.15) is 0 Å². The van der Waals surface area contributed by atoms with E-state index >= 15 is 0 Å². The zero-order valence-corrected chi connectivity index (χ0v) is 9.60. The fourth-order valence-corrected chi connectivity index (χ4v) is 1.27. The third kappa shape index (κ3) is 7.03. The number of rotatable bonds is 8. The molecule has 0 aliphatic carbocycles. The second kappa shape index (κ2) is 8.52. The maximum atomic E-state index is 5.59. The molecule has 1 atom stereocenters. The van der Waals surface area contributed by atoms with Crippen LogP contribution in [0.2, 0.25) is 0 Å².